The van der Waals surface area contributed by atoms with Crippen molar-refractivity contribution < 1.29 is 13.5 Å². The summed E-state index contributed by atoms with van der Waals surface area (Å²) >= 11 is 0. The van der Waals surface area contributed by atoms with Crippen LogP contribution < -0.4 is 4.90 Å². The van der Waals surface area contributed by atoms with Crippen molar-refractivity contribution in [3.05, 3.63) is 54.7 Å². The maximum absolute atomic E-state index is 13.5. The van der Waals surface area contributed by atoms with Gasteiger partial charge in [0.25, 0.3) is 0 Å². The molecule has 6 nitrogen and oxygen atoms in total. The van der Waals surface area contributed by atoms with Crippen molar-refractivity contribution in [2.75, 3.05) is 18.0 Å². The molecule has 2 atom stereocenters. The summed E-state index contributed by atoms with van der Waals surface area (Å²) in [4.78, 5) is 5.71. The van der Waals surface area contributed by atoms with E-state index < -0.39 is 10.0 Å². The number of sulfonamides is 1. The fourth-order valence-corrected chi connectivity index (χ4v) is 6.52. The van der Waals surface area contributed by atoms with Gasteiger partial charge < -0.3 is 15.0 Å². The summed E-state index contributed by atoms with van der Waals surface area (Å²) in [7, 11) is -3.56. The fraction of sp³-hybridized carbons (Fsp3) is 0.333. The second kappa shape index (κ2) is 6.53. The third kappa shape index (κ3) is 2.86. The molecule has 3 aromatic rings. The first-order chi connectivity index (χ1) is 13.5. The number of anilines is 1. The molecule has 3 heterocycles. The zero-order valence-corrected chi connectivity index (χ0v) is 16.3. The molecular weight excluding hydrogens is 374 g/mol. The highest BCUT2D eigenvalue weighted by Gasteiger charge is 2.44. The molecule has 2 saturated heterocycles. The molecule has 2 fully saturated rings. The van der Waals surface area contributed by atoms with E-state index in [1.807, 2.05) is 30.5 Å². The van der Waals surface area contributed by atoms with Gasteiger partial charge in [-0.05, 0) is 60.7 Å². The molecule has 146 valence electrons. The number of piperidine rings is 1. The molecule has 0 aliphatic carbocycles. The largest absolute Gasteiger partial charge is 0.508 e. The molecule has 2 N–H and O–H groups in total. The lowest BCUT2D eigenvalue weighted by Crippen LogP contribution is -2.62. The zero-order chi connectivity index (χ0) is 19.3. The third-order valence-electron chi connectivity index (χ3n) is 5.97. The molecule has 2 bridgehead atoms. The Morgan fingerprint density at radius 2 is 1.68 bits per heavy atom. The number of rotatable bonds is 3. The van der Waals surface area contributed by atoms with Crippen LogP contribution >= 0.6 is 0 Å². The lowest BCUT2D eigenvalue weighted by atomic mass is 9.94. The summed E-state index contributed by atoms with van der Waals surface area (Å²) in [5, 5.41) is 10.6. The molecule has 0 spiro atoms. The minimum absolute atomic E-state index is 0.0364. The number of nitrogens with one attached hydrogen (secondary N) is 1. The molecule has 2 unspecified atom stereocenters. The van der Waals surface area contributed by atoms with Gasteiger partial charge in [-0.25, -0.2) is 8.42 Å². The van der Waals surface area contributed by atoms with Gasteiger partial charge in [0.05, 0.1) is 4.90 Å². The van der Waals surface area contributed by atoms with E-state index in [9.17, 15) is 13.5 Å². The van der Waals surface area contributed by atoms with E-state index in [0.29, 0.717) is 18.0 Å². The van der Waals surface area contributed by atoms with Crippen LogP contribution in [0.15, 0.2) is 59.6 Å². The van der Waals surface area contributed by atoms with E-state index in [2.05, 4.69) is 9.88 Å². The number of hydrogen-bond acceptors (Lipinski definition) is 4. The number of piperazine rings is 1. The van der Waals surface area contributed by atoms with Gasteiger partial charge in [-0.15, -0.1) is 0 Å². The van der Waals surface area contributed by atoms with Gasteiger partial charge in [0.2, 0.25) is 10.0 Å². The first kappa shape index (κ1) is 17.6. The van der Waals surface area contributed by atoms with E-state index in [-0.39, 0.29) is 17.8 Å². The predicted octanol–water partition coefficient (Wildman–Crippen LogP) is 3.31. The van der Waals surface area contributed by atoms with Crippen LogP contribution in [0.5, 0.6) is 5.75 Å². The van der Waals surface area contributed by atoms with Crippen LogP contribution in [0, 0.1) is 0 Å². The average molecular weight is 398 g/mol. The molecular formula is C21H23N3O3S. The van der Waals surface area contributed by atoms with E-state index in [1.165, 1.54) is 0 Å². The smallest absolute Gasteiger partial charge is 0.243 e. The summed E-state index contributed by atoms with van der Waals surface area (Å²) in [5.74, 6) is 0.241. The topological polar surface area (TPSA) is 76.6 Å². The summed E-state index contributed by atoms with van der Waals surface area (Å²) in [6.07, 6.45) is 4.62. The van der Waals surface area contributed by atoms with Crippen molar-refractivity contribution in [3.63, 3.8) is 0 Å². The van der Waals surface area contributed by atoms with Crippen LogP contribution in [-0.4, -0.2) is 48.0 Å². The molecule has 5 rings (SSSR count). The molecule has 0 amide bonds. The quantitative estimate of drug-likeness (QED) is 0.711. The first-order valence-corrected chi connectivity index (χ1v) is 11.1. The van der Waals surface area contributed by atoms with E-state index in [4.69, 9.17) is 0 Å². The van der Waals surface area contributed by atoms with Crippen molar-refractivity contribution in [2.45, 2.75) is 36.2 Å². The SMILES string of the molecule is O=S(=O)(c1ccc2cc[nH]c2c1)N1C2CCCC1CN(c1ccc(O)cc1)C2. The third-order valence-corrected chi connectivity index (χ3v) is 7.97. The van der Waals surface area contributed by atoms with Gasteiger partial charge in [-0.2, -0.15) is 4.31 Å². The molecule has 28 heavy (non-hydrogen) atoms. The van der Waals surface area contributed by atoms with Crippen molar-refractivity contribution in [1.29, 1.82) is 0 Å². The van der Waals surface area contributed by atoms with Gasteiger partial charge >= 0.3 is 0 Å². The Labute approximate surface area is 164 Å². The summed E-state index contributed by atoms with van der Waals surface area (Å²) < 4.78 is 28.8. The number of aromatic amines is 1. The Morgan fingerprint density at radius 3 is 2.39 bits per heavy atom. The number of benzene rings is 2. The molecule has 0 radical (unpaired) electrons. The predicted molar refractivity (Wildman–Crippen MR) is 109 cm³/mol. The molecule has 2 aliphatic rings. The van der Waals surface area contributed by atoms with Crippen LogP contribution in [0.2, 0.25) is 0 Å². The van der Waals surface area contributed by atoms with Gasteiger partial charge in [0, 0.05) is 42.6 Å². The second-order valence-corrected chi connectivity index (χ2v) is 9.56. The molecule has 7 heteroatoms. The Morgan fingerprint density at radius 1 is 0.964 bits per heavy atom. The van der Waals surface area contributed by atoms with E-state index in [1.54, 1.807) is 28.6 Å². The lowest BCUT2D eigenvalue weighted by molar-refractivity contribution is 0.155. The monoisotopic (exact) mass is 397 g/mol. The Balaban J connectivity index is 1.47. The Kier molecular flexibility index (Phi) is 4.10. The number of phenols is 1. The highest BCUT2D eigenvalue weighted by molar-refractivity contribution is 7.89. The average Bonchev–Trinajstić information content (AvgIpc) is 3.15. The maximum Gasteiger partial charge on any atom is 0.243 e. The van der Waals surface area contributed by atoms with Crippen LogP contribution in [0.3, 0.4) is 0 Å². The second-order valence-electron chi connectivity index (χ2n) is 7.72. The molecule has 2 aromatic carbocycles. The minimum atomic E-state index is -3.56. The highest BCUT2D eigenvalue weighted by Crippen LogP contribution is 2.36. The minimum Gasteiger partial charge on any atom is -0.508 e. The van der Waals surface area contributed by atoms with E-state index in [0.717, 1.165) is 35.9 Å². The maximum atomic E-state index is 13.5. The summed E-state index contributed by atoms with van der Waals surface area (Å²) in [6.45, 7) is 1.34. The number of aromatic nitrogens is 1. The number of fused-ring (bicyclic) bond motifs is 3. The number of phenolic OH excluding ortho intramolecular Hbond substituents is 1. The molecule has 1 aromatic heterocycles. The van der Waals surface area contributed by atoms with Crippen molar-refractivity contribution >= 4 is 26.6 Å². The molecule has 0 saturated carbocycles. The standard InChI is InChI=1S/C21H23N3O3S/c25-19-7-5-16(6-8-19)23-13-17-2-1-3-18(14-23)24(17)28(26,27)20-9-4-15-10-11-22-21(15)12-20/h4-12,17-18,22,25H,1-3,13-14H2. The zero-order valence-electron chi connectivity index (χ0n) is 15.5. The van der Waals surface area contributed by atoms with Gasteiger partial charge in [-0.1, -0.05) is 12.5 Å². The van der Waals surface area contributed by atoms with Crippen LogP contribution in [-0.2, 0) is 10.0 Å². The number of aromatic hydroxyl groups is 1. The van der Waals surface area contributed by atoms with Gasteiger partial charge in [0.15, 0.2) is 0 Å². The lowest BCUT2D eigenvalue weighted by Gasteiger charge is -2.49. The molecule has 2 aliphatic heterocycles. The number of nitrogens with zero attached hydrogens (tertiary/aromatic N) is 2. The van der Waals surface area contributed by atoms with Crippen LogP contribution in [0.25, 0.3) is 10.9 Å². The number of H-pyrrole nitrogens is 1. The van der Waals surface area contributed by atoms with Crippen molar-refractivity contribution in [2.24, 2.45) is 0 Å². The number of hydrogen-bond donors (Lipinski definition) is 2. The normalized spacial score (nSPS) is 23.2. The summed E-state index contributed by atoms with van der Waals surface area (Å²) in [6, 6.07) is 14.3. The van der Waals surface area contributed by atoms with Crippen molar-refractivity contribution in [1.82, 2.24) is 9.29 Å². The Hall–Kier alpha value is -2.51. The fourth-order valence-electron chi connectivity index (χ4n) is 4.64. The van der Waals surface area contributed by atoms with Crippen LogP contribution in [0.4, 0.5) is 5.69 Å². The summed E-state index contributed by atoms with van der Waals surface area (Å²) in [5.41, 5.74) is 1.87. The highest BCUT2D eigenvalue weighted by atomic mass is 32.2. The first-order valence-electron chi connectivity index (χ1n) is 9.67. The van der Waals surface area contributed by atoms with Gasteiger partial charge in [-0.3, -0.25) is 0 Å². The van der Waals surface area contributed by atoms with Crippen molar-refractivity contribution in [3.8, 4) is 5.75 Å². The van der Waals surface area contributed by atoms with Gasteiger partial charge in [0.1, 0.15) is 5.75 Å². The van der Waals surface area contributed by atoms with E-state index >= 15 is 0 Å². The van der Waals surface area contributed by atoms with Crippen LogP contribution in [0.1, 0.15) is 19.3 Å². The Bertz CT molecular complexity index is 1090.